The number of hydrogen-bond acceptors (Lipinski definition) is 7. The summed E-state index contributed by atoms with van der Waals surface area (Å²) in [5.41, 5.74) is 2.19. The fourth-order valence-corrected chi connectivity index (χ4v) is 4.29. The molecule has 0 aliphatic carbocycles. The van der Waals surface area contributed by atoms with Gasteiger partial charge in [0.05, 0.1) is 26.2 Å². The molecule has 1 aliphatic heterocycles. The van der Waals surface area contributed by atoms with Gasteiger partial charge in [-0.1, -0.05) is 0 Å². The molecule has 0 N–H and O–H groups in total. The Balaban J connectivity index is 1.42. The first kappa shape index (κ1) is 22.8. The van der Waals surface area contributed by atoms with Gasteiger partial charge in [0.2, 0.25) is 11.7 Å². The molecule has 8 heteroatoms. The Morgan fingerprint density at radius 1 is 1.06 bits per heavy atom. The summed E-state index contributed by atoms with van der Waals surface area (Å²) in [4.78, 5) is 34.0. The van der Waals surface area contributed by atoms with Gasteiger partial charge in [0.1, 0.15) is 0 Å². The molecule has 1 amide bonds. The molecule has 0 saturated carbocycles. The summed E-state index contributed by atoms with van der Waals surface area (Å²) in [5, 5.41) is 0.732. The van der Waals surface area contributed by atoms with Crippen molar-refractivity contribution in [3.8, 4) is 11.5 Å². The lowest BCUT2D eigenvalue weighted by Crippen LogP contribution is -2.49. The lowest BCUT2D eigenvalue weighted by Gasteiger charge is -2.34. The van der Waals surface area contributed by atoms with Crippen molar-refractivity contribution in [2.45, 2.75) is 19.8 Å². The predicted octanol–water partition coefficient (Wildman–Crippen LogP) is 2.44. The summed E-state index contributed by atoms with van der Waals surface area (Å²) in [7, 11) is 3.03. The van der Waals surface area contributed by atoms with Gasteiger partial charge in [-0.05, 0) is 48.7 Å². The Morgan fingerprint density at radius 3 is 2.45 bits per heavy atom. The third kappa shape index (κ3) is 4.85. The van der Waals surface area contributed by atoms with E-state index in [1.165, 1.54) is 19.8 Å². The molecular formula is C25H29N3O5. The van der Waals surface area contributed by atoms with Gasteiger partial charge >= 0.3 is 5.63 Å². The maximum atomic E-state index is 13.0. The van der Waals surface area contributed by atoms with E-state index in [9.17, 15) is 9.59 Å². The maximum absolute atomic E-state index is 13.0. The number of carbonyl (C=O) groups excluding carboxylic acids is 1. The van der Waals surface area contributed by atoms with Crippen LogP contribution in [0.2, 0.25) is 0 Å². The van der Waals surface area contributed by atoms with Gasteiger partial charge < -0.3 is 18.8 Å². The molecule has 3 aromatic rings. The number of carbonyl (C=O) groups is 1. The van der Waals surface area contributed by atoms with Gasteiger partial charge in [0.25, 0.3) is 0 Å². The zero-order valence-electron chi connectivity index (χ0n) is 19.3. The van der Waals surface area contributed by atoms with E-state index >= 15 is 0 Å². The summed E-state index contributed by atoms with van der Waals surface area (Å²) in [6.45, 7) is 5.73. The van der Waals surface area contributed by atoms with Crippen LogP contribution in [0.15, 0.2) is 45.9 Å². The summed E-state index contributed by atoms with van der Waals surface area (Å²) < 4.78 is 16.3. The number of benzene rings is 1. The molecule has 0 radical (unpaired) electrons. The van der Waals surface area contributed by atoms with Crippen molar-refractivity contribution >= 4 is 16.9 Å². The van der Waals surface area contributed by atoms with Crippen molar-refractivity contribution < 1.29 is 18.7 Å². The first-order valence-corrected chi connectivity index (χ1v) is 11.1. The summed E-state index contributed by atoms with van der Waals surface area (Å²) in [6, 6.07) is 7.65. The predicted molar refractivity (Wildman–Crippen MR) is 125 cm³/mol. The number of methoxy groups -OCH3 is 2. The molecule has 174 valence electrons. The zero-order chi connectivity index (χ0) is 23.4. The average Bonchev–Trinajstić information content (AvgIpc) is 2.85. The van der Waals surface area contributed by atoms with E-state index in [-0.39, 0.29) is 12.3 Å². The fourth-order valence-electron chi connectivity index (χ4n) is 4.29. The van der Waals surface area contributed by atoms with Crippen molar-refractivity contribution in [2.24, 2.45) is 0 Å². The molecule has 33 heavy (non-hydrogen) atoms. The molecule has 4 rings (SSSR count). The Kier molecular flexibility index (Phi) is 6.93. The Morgan fingerprint density at radius 2 is 1.79 bits per heavy atom. The number of rotatable bonds is 7. The van der Waals surface area contributed by atoms with Gasteiger partial charge in [-0.2, -0.15) is 0 Å². The molecule has 2 aromatic heterocycles. The van der Waals surface area contributed by atoms with Gasteiger partial charge in [-0.15, -0.1) is 0 Å². The Hall–Kier alpha value is -3.39. The second kappa shape index (κ2) is 10.0. The van der Waals surface area contributed by atoms with Crippen LogP contribution in [0.3, 0.4) is 0 Å². The third-order valence-electron chi connectivity index (χ3n) is 6.32. The van der Waals surface area contributed by atoms with Crippen LogP contribution < -0.4 is 15.1 Å². The highest BCUT2D eigenvalue weighted by Crippen LogP contribution is 2.36. The highest BCUT2D eigenvalue weighted by molar-refractivity contribution is 5.89. The first-order valence-electron chi connectivity index (χ1n) is 11.1. The van der Waals surface area contributed by atoms with Gasteiger partial charge in [0.15, 0.2) is 11.3 Å². The first-order chi connectivity index (χ1) is 16.0. The lowest BCUT2D eigenvalue weighted by molar-refractivity contribution is -0.132. The molecule has 1 aromatic carbocycles. The van der Waals surface area contributed by atoms with Crippen LogP contribution in [0.5, 0.6) is 11.5 Å². The molecule has 1 saturated heterocycles. The fraction of sp³-hybridized carbons (Fsp3) is 0.400. The van der Waals surface area contributed by atoms with E-state index in [0.717, 1.165) is 37.0 Å². The van der Waals surface area contributed by atoms with E-state index in [1.807, 2.05) is 42.4 Å². The zero-order valence-corrected chi connectivity index (χ0v) is 19.3. The number of fused-ring (bicyclic) bond motifs is 1. The SMILES string of the molecule is COc1ccc2c(C)c(CC(=O)N3CCN(CCc4ccncc4)CC3)c(=O)oc2c1OC. The van der Waals surface area contributed by atoms with Crippen molar-refractivity contribution in [1.82, 2.24) is 14.8 Å². The molecule has 0 unspecified atom stereocenters. The number of ether oxygens (including phenoxy) is 2. The van der Waals surface area contributed by atoms with Gasteiger partial charge in [0, 0.05) is 50.5 Å². The van der Waals surface area contributed by atoms with Crippen LogP contribution >= 0.6 is 0 Å². The lowest BCUT2D eigenvalue weighted by atomic mass is 10.0. The molecule has 1 aliphatic rings. The smallest absolute Gasteiger partial charge is 0.340 e. The maximum Gasteiger partial charge on any atom is 0.340 e. The van der Waals surface area contributed by atoms with Crippen molar-refractivity contribution in [3.05, 3.63) is 63.8 Å². The highest BCUT2D eigenvalue weighted by Gasteiger charge is 2.24. The van der Waals surface area contributed by atoms with E-state index in [2.05, 4.69) is 9.88 Å². The second-order valence-corrected chi connectivity index (χ2v) is 8.18. The van der Waals surface area contributed by atoms with E-state index in [0.29, 0.717) is 35.7 Å². The molecule has 1 fully saturated rings. The van der Waals surface area contributed by atoms with E-state index in [1.54, 1.807) is 6.07 Å². The van der Waals surface area contributed by atoms with Crippen LogP contribution in [0.4, 0.5) is 0 Å². The topological polar surface area (TPSA) is 85.1 Å². The number of aromatic nitrogens is 1. The van der Waals surface area contributed by atoms with Crippen LogP contribution in [0, 0.1) is 6.92 Å². The number of pyridine rings is 1. The number of nitrogens with zero attached hydrogens (tertiary/aromatic N) is 3. The van der Waals surface area contributed by atoms with Crippen molar-refractivity contribution in [3.63, 3.8) is 0 Å². The largest absolute Gasteiger partial charge is 0.493 e. The Bertz CT molecular complexity index is 1180. The highest BCUT2D eigenvalue weighted by atomic mass is 16.5. The molecule has 0 spiro atoms. The van der Waals surface area contributed by atoms with Crippen molar-refractivity contribution in [2.75, 3.05) is 46.9 Å². The second-order valence-electron chi connectivity index (χ2n) is 8.18. The van der Waals surface area contributed by atoms with Gasteiger partial charge in [-0.25, -0.2) is 4.79 Å². The van der Waals surface area contributed by atoms with E-state index < -0.39 is 5.63 Å². The minimum Gasteiger partial charge on any atom is -0.493 e. The van der Waals surface area contributed by atoms with Crippen LogP contribution in [0.25, 0.3) is 11.0 Å². The molecule has 8 nitrogen and oxygen atoms in total. The summed E-state index contributed by atoms with van der Waals surface area (Å²) in [6.07, 6.45) is 4.60. The molecule has 0 bridgehead atoms. The third-order valence-corrected chi connectivity index (χ3v) is 6.32. The normalized spacial score (nSPS) is 14.5. The number of hydrogen-bond donors (Lipinski definition) is 0. The quantitative estimate of drug-likeness (QED) is 0.510. The number of aryl methyl sites for hydroxylation is 1. The average molecular weight is 452 g/mol. The van der Waals surface area contributed by atoms with Crippen LogP contribution in [-0.4, -0.2) is 67.6 Å². The molecule has 3 heterocycles. The number of piperazine rings is 1. The van der Waals surface area contributed by atoms with Crippen molar-refractivity contribution in [1.29, 1.82) is 0 Å². The summed E-state index contributed by atoms with van der Waals surface area (Å²) in [5.74, 6) is 0.799. The molecular weight excluding hydrogens is 422 g/mol. The number of amides is 1. The molecule has 0 atom stereocenters. The minimum atomic E-state index is -0.518. The standard InChI is InChI=1S/C25H29N3O5/c1-17-19-4-5-21(31-2)24(32-3)23(19)33-25(30)20(17)16-22(29)28-14-12-27(13-15-28)11-8-18-6-9-26-10-7-18/h4-7,9-10H,8,11-16H2,1-3H3. The Labute approximate surface area is 192 Å². The van der Waals surface area contributed by atoms with E-state index in [4.69, 9.17) is 13.9 Å². The van der Waals surface area contributed by atoms with Crippen LogP contribution in [0.1, 0.15) is 16.7 Å². The van der Waals surface area contributed by atoms with Crippen LogP contribution in [-0.2, 0) is 17.6 Å². The monoisotopic (exact) mass is 451 g/mol. The van der Waals surface area contributed by atoms with Gasteiger partial charge in [-0.3, -0.25) is 14.7 Å². The minimum absolute atomic E-state index is 0.0233. The summed E-state index contributed by atoms with van der Waals surface area (Å²) >= 11 is 0.